The molecule has 0 N–H and O–H groups in total. The van der Waals surface area contributed by atoms with Gasteiger partial charge in [-0.3, -0.25) is 0 Å². The standard InChI is InChI=1S/C5H3F5O2/c6-2(3(7)8)1-12-5(11)4(9)10/h4H,1H2. The summed E-state index contributed by atoms with van der Waals surface area (Å²) in [4.78, 5) is 9.86. The van der Waals surface area contributed by atoms with Gasteiger partial charge in [0.2, 0.25) is 5.83 Å². The lowest BCUT2D eigenvalue weighted by Crippen LogP contribution is -2.15. The average molecular weight is 190 g/mol. The Balaban J connectivity index is 3.85. The van der Waals surface area contributed by atoms with E-state index in [-0.39, 0.29) is 0 Å². The number of carbonyl (C=O) groups is 1. The van der Waals surface area contributed by atoms with Crippen molar-refractivity contribution in [3.63, 3.8) is 0 Å². The number of halogens is 5. The summed E-state index contributed by atoms with van der Waals surface area (Å²) in [5.74, 6) is -4.07. The van der Waals surface area contributed by atoms with E-state index < -0.39 is 30.9 Å². The zero-order valence-corrected chi connectivity index (χ0v) is 5.49. The van der Waals surface area contributed by atoms with Gasteiger partial charge < -0.3 is 4.74 Å². The highest BCUT2D eigenvalue weighted by molar-refractivity contribution is 5.72. The summed E-state index contributed by atoms with van der Waals surface area (Å²) < 4.78 is 60.2. The van der Waals surface area contributed by atoms with Gasteiger partial charge >= 0.3 is 18.5 Å². The van der Waals surface area contributed by atoms with Gasteiger partial charge in [-0.1, -0.05) is 0 Å². The fourth-order valence-electron chi connectivity index (χ4n) is 0.252. The topological polar surface area (TPSA) is 26.3 Å². The predicted molar refractivity (Wildman–Crippen MR) is 27.3 cm³/mol. The Morgan fingerprint density at radius 3 is 2.08 bits per heavy atom. The molecular weight excluding hydrogens is 187 g/mol. The Hall–Kier alpha value is -1.14. The summed E-state index contributed by atoms with van der Waals surface area (Å²) in [5, 5.41) is 0. The highest BCUT2D eigenvalue weighted by Crippen LogP contribution is 2.09. The van der Waals surface area contributed by atoms with E-state index in [4.69, 9.17) is 0 Å². The largest absolute Gasteiger partial charge is 0.454 e. The van der Waals surface area contributed by atoms with Crippen LogP contribution in [-0.4, -0.2) is 19.0 Å². The number of ether oxygens (including phenoxy) is 1. The van der Waals surface area contributed by atoms with E-state index in [1.807, 2.05) is 0 Å². The first-order chi connectivity index (χ1) is 5.45. The maximum atomic E-state index is 11.8. The van der Waals surface area contributed by atoms with Crippen LogP contribution >= 0.6 is 0 Å². The Kier molecular flexibility index (Phi) is 4.24. The molecule has 2 nitrogen and oxygen atoms in total. The van der Waals surface area contributed by atoms with Crippen molar-refractivity contribution in [3.05, 3.63) is 11.9 Å². The van der Waals surface area contributed by atoms with E-state index in [0.29, 0.717) is 0 Å². The first-order valence-corrected chi connectivity index (χ1v) is 2.59. The van der Waals surface area contributed by atoms with Crippen LogP contribution in [0.3, 0.4) is 0 Å². The van der Waals surface area contributed by atoms with Crippen molar-refractivity contribution in [2.24, 2.45) is 0 Å². The molecule has 0 aromatic carbocycles. The smallest absolute Gasteiger partial charge is 0.374 e. The van der Waals surface area contributed by atoms with Crippen molar-refractivity contribution in [3.8, 4) is 0 Å². The number of hydrogen-bond donors (Lipinski definition) is 0. The van der Waals surface area contributed by atoms with Gasteiger partial charge in [-0.15, -0.1) is 0 Å². The summed E-state index contributed by atoms with van der Waals surface area (Å²) in [7, 11) is 0. The fraction of sp³-hybridized carbons (Fsp3) is 0.400. The van der Waals surface area contributed by atoms with Gasteiger partial charge in [0.15, 0.2) is 0 Å². The molecule has 7 heteroatoms. The van der Waals surface area contributed by atoms with Gasteiger partial charge in [-0.05, 0) is 0 Å². The van der Waals surface area contributed by atoms with E-state index in [9.17, 15) is 26.7 Å². The third-order valence-corrected chi connectivity index (χ3v) is 0.724. The van der Waals surface area contributed by atoms with Crippen LogP contribution in [-0.2, 0) is 9.53 Å². The van der Waals surface area contributed by atoms with Crippen LogP contribution < -0.4 is 0 Å². The lowest BCUT2D eigenvalue weighted by atomic mass is 10.6. The van der Waals surface area contributed by atoms with Gasteiger partial charge in [0.1, 0.15) is 6.61 Å². The van der Waals surface area contributed by atoms with Gasteiger partial charge in [-0.25, -0.2) is 9.18 Å². The lowest BCUT2D eigenvalue weighted by molar-refractivity contribution is -0.155. The average Bonchev–Trinajstić information content (AvgIpc) is 1.98. The van der Waals surface area contributed by atoms with E-state index >= 15 is 0 Å². The Morgan fingerprint density at radius 2 is 1.75 bits per heavy atom. The monoisotopic (exact) mass is 190 g/mol. The molecule has 0 atom stereocenters. The van der Waals surface area contributed by atoms with E-state index in [2.05, 4.69) is 4.74 Å². The minimum Gasteiger partial charge on any atom is -0.454 e. The molecular formula is C5H3F5O2. The molecule has 0 bridgehead atoms. The lowest BCUT2D eigenvalue weighted by Gasteiger charge is -2.00. The number of rotatable bonds is 3. The third kappa shape index (κ3) is 3.89. The maximum Gasteiger partial charge on any atom is 0.374 e. The highest BCUT2D eigenvalue weighted by Gasteiger charge is 2.18. The molecule has 0 saturated heterocycles. The van der Waals surface area contributed by atoms with Crippen molar-refractivity contribution < 1.29 is 31.5 Å². The summed E-state index contributed by atoms with van der Waals surface area (Å²) in [6, 6.07) is 0. The number of hydrogen-bond acceptors (Lipinski definition) is 2. The van der Waals surface area contributed by atoms with Crippen LogP contribution in [0.2, 0.25) is 0 Å². The summed E-state index contributed by atoms with van der Waals surface area (Å²) in [5.41, 5.74) is 0. The van der Waals surface area contributed by atoms with E-state index in [1.54, 1.807) is 0 Å². The maximum absolute atomic E-state index is 11.8. The number of carbonyl (C=O) groups excluding carboxylic acids is 1. The van der Waals surface area contributed by atoms with Crippen molar-refractivity contribution in [2.75, 3.05) is 6.61 Å². The molecule has 0 amide bonds. The molecule has 0 aliphatic heterocycles. The third-order valence-electron chi connectivity index (χ3n) is 0.724. The number of esters is 1. The predicted octanol–water partition coefficient (Wildman–Crippen LogP) is 1.87. The fourth-order valence-corrected chi connectivity index (χ4v) is 0.252. The van der Waals surface area contributed by atoms with Gasteiger partial charge in [0.25, 0.3) is 0 Å². The van der Waals surface area contributed by atoms with Crippen molar-refractivity contribution in [2.45, 2.75) is 6.43 Å². The molecule has 0 spiro atoms. The SMILES string of the molecule is O=C(OCC(F)=C(F)F)C(F)F. The van der Waals surface area contributed by atoms with Crippen LogP contribution in [0, 0.1) is 0 Å². The van der Waals surface area contributed by atoms with Gasteiger partial charge in [-0.2, -0.15) is 17.6 Å². The second-order valence-corrected chi connectivity index (χ2v) is 1.57. The van der Waals surface area contributed by atoms with Crippen molar-refractivity contribution >= 4 is 5.97 Å². The zero-order valence-electron chi connectivity index (χ0n) is 5.49. The summed E-state index contributed by atoms with van der Waals surface area (Å²) in [6.45, 7) is -1.47. The molecule has 0 heterocycles. The first kappa shape index (κ1) is 10.9. The van der Waals surface area contributed by atoms with Crippen LogP contribution in [0.1, 0.15) is 0 Å². The molecule has 0 aromatic rings. The molecule has 0 radical (unpaired) electrons. The Morgan fingerprint density at radius 1 is 1.25 bits per heavy atom. The Labute approximate surface area is 63.6 Å². The minimum absolute atomic E-state index is 1.47. The molecule has 0 unspecified atom stereocenters. The summed E-state index contributed by atoms with van der Waals surface area (Å²) in [6.07, 6.45) is -6.14. The zero-order chi connectivity index (χ0) is 9.72. The first-order valence-electron chi connectivity index (χ1n) is 2.59. The molecule has 0 aliphatic carbocycles. The molecule has 0 saturated carbocycles. The summed E-state index contributed by atoms with van der Waals surface area (Å²) >= 11 is 0. The minimum atomic E-state index is -3.44. The second kappa shape index (κ2) is 4.68. The molecule has 0 rings (SSSR count). The van der Waals surface area contributed by atoms with Crippen LogP contribution in [0.4, 0.5) is 22.0 Å². The van der Waals surface area contributed by atoms with E-state index in [1.165, 1.54) is 0 Å². The quantitative estimate of drug-likeness (QED) is 0.501. The van der Waals surface area contributed by atoms with Crippen LogP contribution in [0.5, 0.6) is 0 Å². The molecule has 12 heavy (non-hydrogen) atoms. The van der Waals surface area contributed by atoms with Gasteiger partial charge in [0, 0.05) is 0 Å². The normalized spacial score (nSPS) is 9.83. The van der Waals surface area contributed by atoms with Crippen LogP contribution in [0.15, 0.2) is 11.9 Å². The van der Waals surface area contributed by atoms with Crippen molar-refractivity contribution in [1.82, 2.24) is 0 Å². The molecule has 70 valence electrons. The van der Waals surface area contributed by atoms with Gasteiger partial charge in [0.05, 0.1) is 0 Å². The van der Waals surface area contributed by atoms with Crippen LogP contribution in [0.25, 0.3) is 0 Å². The van der Waals surface area contributed by atoms with E-state index in [0.717, 1.165) is 0 Å². The number of alkyl halides is 2. The molecule has 0 aromatic heterocycles. The molecule has 0 aliphatic rings. The molecule has 0 fully saturated rings. The van der Waals surface area contributed by atoms with Crippen molar-refractivity contribution in [1.29, 1.82) is 0 Å². The highest BCUT2D eigenvalue weighted by atomic mass is 19.3. The second-order valence-electron chi connectivity index (χ2n) is 1.57. The Bertz CT molecular complexity index is 196.